The number of nitrogen functional groups attached to an aromatic ring is 1. The largest absolute Gasteiger partial charge is 0.398 e. The first kappa shape index (κ1) is 12.3. The maximum absolute atomic E-state index is 11.9. The summed E-state index contributed by atoms with van der Waals surface area (Å²) in [7, 11) is 1.32. The van der Waals surface area contributed by atoms with Crippen molar-refractivity contribution in [2.45, 2.75) is 6.04 Å². The summed E-state index contributed by atoms with van der Waals surface area (Å²) in [6.45, 7) is 0.407. The lowest BCUT2D eigenvalue weighted by molar-refractivity contribution is -0.131. The zero-order valence-corrected chi connectivity index (χ0v) is 10.3. The number of nitrogens with one attached hydrogen (secondary N) is 2. The van der Waals surface area contributed by atoms with Crippen LogP contribution >= 0.6 is 11.3 Å². The number of β-lactam (4-membered cyclic amide) rings is 1. The molecule has 1 fully saturated rings. The van der Waals surface area contributed by atoms with E-state index in [9.17, 15) is 9.59 Å². The third kappa shape index (κ3) is 2.40. The fraction of sp³-hybridized carbons (Fsp3) is 0.333. The smallest absolute Gasteiger partial charge is 0.276 e. The third-order valence-corrected chi connectivity index (χ3v) is 2.94. The summed E-state index contributed by atoms with van der Waals surface area (Å²) in [6, 6.07) is -0.532. The van der Waals surface area contributed by atoms with Crippen LogP contribution in [0.1, 0.15) is 5.69 Å². The van der Waals surface area contributed by atoms with Crippen molar-refractivity contribution in [2.24, 2.45) is 5.16 Å². The molecule has 8 nitrogen and oxygen atoms in total. The Labute approximate surface area is 106 Å². The van der Waals surface area contributed by atoms with Gasteiger partial charge in [-0.3, -0.25) is 9.59 Å². The highest BCUT2D eigenvalue weighted by Crippen LogP contribution is 2.12. The predicted octanol–water partition coefficient (Wildman–Crippen LogP) is -1.31. The summed E-state index contributed by atoms with van der Waals surface area (Å²) >= 11 is 1.19. The molecular formula is C9H11N5O3S. The van der Waals surface area contributed by atoms with E-state index in [1.54, 1.807) is 5.38 Å². The van der Waals surface area contributed by atoms with E-state index in [-0.39, 0.29) is 11.6 Å². The second-order valence-electron chi connectivity index (χ2n) is 3.46. The van der Waals surface area contributed by atoms with Gasteiger partial charge in [0, 0.05) is 11.9 Å². The van der Waals surface area contributed by atoms with E-state index in [0.717, 1.165) is 0 Å². The number of hydrogen-bond acceptors (Lipinski definition) is 7. The van der Waals surface area contributed by atoms with Crippen molar-refractivity contribution in [2.75, 3.05) is 19.4 Å². The Kier molecular flexibility index (Phi) is 3.42. The molecule has 0 saturated carbocycles. The Hall–Kier alpha value is -2.16. The zero-order valence-electron chi connectivity index (χ0n) is 9.47. The van der Waals surface area contributed by atoms with Crippen molar-refractivity contribution in [1.82, 2.24) is 15.6 Å². The normalized spacial score (nSPS) is 18.8. The van der Waals surface area contributed by atoms with Crippen LogP contribution in [0, 0.1) is 0 Å². The minimum atomic E-state index is -0.532. The van der Waals surface area contributed by atoms with Gasteiger partial charge in [0.25, 0.3) is 5.91 Å². The molecule has 0 aromatic carbocycles. The van der Waals surface area contributed by atoms with E-state index in [1.807, 2.05) is 0 Å². The number of nitrogens with two attached hydrogens (primary N) is 1. The highest BCUT2D eigenvalue weighted by Gasteiger charge is 2.31. The lowest BCUT2D eigenvalue weighted by Gasteiger charge is -2.26. The number of rotatable bonds is 4. The molecule has 0 bridgehead atoms. The number of hydrogen-bond donors (Lipinski definition) is 3. The molecule has 1 atom stereocenters. The maximum atomic E-state index is 11.9. The maximum Gasteiger partial charge on any atom is 0.276 e. The first-order valence-corrected chi connectivity index (χ1v) is 5.91. The van der Waals surface area contributed by atoms with Gasteiger partial charge in [-0.25, -0.2) is 4.98 Å². The Balaban J connectivity index is 2.12. The molecule has 1 aliphatic heterocycles. The van der Waals surface area contributed by atoms with Gasteiger partial charge in [-0.05, 0) is 0 Å². The number of oxime groups is 1. The van der Waals surface area contributed by atoms with Crippen molar-refractivity contribution in [1.29, 1.82) is 0 Å². The number of aromatic nitrogens is 1. The van der Waals surface area contributed by atoms with E-state index in [2.05, 4.69) is 25.6 Å². The second-order valence-corrected chi connectivity index (χ2v) is 4.35. The molecule has 2 amide bonds. The number of nitrogens with zero attached hydrogens (tertiary/aromatic N) is 2. The first-order chi connectivity index (χ1) is 8.61. The molecule has 1 aliphatic rings. The summed E-state index contributed by atoms with van der Waals surface area (Å²) in [5.41, 5.74) is 5.80. The molecular weight excluding hydrogens is 258 g/mol. The standard InChI is InChI=1S/C9H11N5O3S/c1-17-14-6(5-3-18-9(10)13-5)8(16)12-4-2-11-7(4)15/h3-4H,2H2,1H3,(H2,10,13)(H,11,15)(H,12,16). The number of anilines is 1. The van der Waals surface area contributed by atoms with Crippen LogP contribution in [0.3, 0.4) is 0 Å². The van der Waals surface area contributed by atoms with E-state index >= 15 is 0 Å². The minimum absolute atomic E-state index is 0.00912. The van der Waals surface area contributed by atoms with Crippen molar-refractivity contribution in [3.63, 3.8) is 0 Å². The van der Waals surface area contributed by atoms with Crippen molar-refractivity contribution in [3.8, 4) is 0 Å². The molecule has 0 radical (unpaired) electrons. The van der Waals surface area contributed by atoms with E-state index in [1.165, 1.54) is 18.4 Å². The van der Waals surface area contributed by atoms with Crippen molar-refractivity contribution in [3.05, 3.63) is 11.1 Å². The average molecular weight is 269 g/mol. The summed E-state index contributed by atoms with van der Waals surface area (Å²) in [6.07, 6.45) is 0. The molecule has 0 spiro atoms. The Morgan fingerprint density at radius 3 is 3.00 bits per heavy atom. The fourth-order valence-electron chi connectivity index (χ4n) is 1.32. The minimum Gasteiger partial charge on any atom is -0.398 e. The number of thiazole rings is 1. The molecule has 2 heterocycles. The second kappa shape index (κ2) is 5.00. The van der Waals surface area contributed by atoms with Crippen LogP contribution in [0.15, 0.2) is 10.5 Å². The summed E-state index contributed by atoms with van der Waals surface area (Å²) in [4.78, 5) is 31.5. The van der Waals surface area contributed by atoms with Crippen LogP contribution < -0.4 is 16.4 Å². The fourth-order valence-corrected chi connectivity index (χ4v) is 1.87. The Morgan fingerprint density at radius 2 is 2.56 bits per heavy atom. The molecule has 1 unspecified atom stereocenters. The van der Waals surface area contributed by atoms with Gasteiger partial charge < -0.3 is 21.2 Å². The molecule has 96 valence electrons. The lowest BCUT2D eigenvalue weighted by atomic mass is 10.1. The molecule has 4 N–H and O–H groups in total. The summed E-state index contributed by atoms with van der Waals surface area (Å²) < 4.78 is 0. The number of carbonyl (C=O) groups is 2. The van der Waals surface area contributed by atoms with Gasteiger partial charge in [-0.1, -0.05) is 5.16 Å². The van der Waals surface area contributed by atoms with Crippen LogP contribution in [0.4, 0.5) is 5.13 Å². The van der Waals surface area contributed by atoms with Gasteiger partial charge in [-0.15, -0.1) is 11.3 Å². The molecule has 2 rings (SSSR count). The summed E-state index contributed by atoms with van der Waals surface area (Å²) in [5, 5.41) is 10.6. The van der Waals surface area contributed by atoms with Gasteiger partial charge in [0.15, 0.2) is 10.8 Å². The van der Waals surface area contributed by atoms with Crippen LogP contribution in [-0.4, -0.2) is 42.2 Å². The topological polar surface area (TPSA) is 119 Å². The van der Waals surface area contributed by atoms with Gasteiger partial charge in [-0.2, -0.15) is 0 Å². The van der Waals surface area contributed by atoms with E-state index in [0.29, 0.717) is 17.4 Å². The van der Waals surface area contributed by atoms with Crippen LogP contribution in [0.25, 0.3) is 0 Å². The van der Waals surface area contributed by atoms with Crippen molar-refractivity contribution >= 4 is 34.0 Å². The monoisotopic (exact) mass is 269 g/mol. The third-order valence-electron chi connectivity index (χ3n) is 2.26. The van der Waals surface area contributed by atoms with E-state index in [4.69, 9.17) is 5.73 Å². The molecule has 9 heteroatoms. The van der Waals surface area contributed by atoms with Crippen LogP contribution in [0.5, 0.6) is 0 Å². The highest BCUT2D eigenvalue weighted by atomic mass is 32.1. The van der Waals surface area contributed by atoms with Gasteiger partial charge >= 0.3 is 0 Å². The SMILES string of the molecule is CON=C(C(=O)NC1CNC1=O)c1csc(N)n1. The molecule has 1 saturated heterocycles. The molecule has 18 heavy (non-hydrogen) atoms. The predicted molar refractivity (Wildman–Crippen MR) is 65.0 cm³/mol. The zero-order chi connectivity index (χ0) is 13.1. The molecule has 1 aromatic heterocycles. The van der Waals surface area contributed by atoms with Crippen LogP contribution in [0.2, 0.25) is 0 Å². The van der Waals surface area contributed by atoms with Gasteiger partial charge in [0.2, 0.25) is 5.91 Å². The number of amides is 2. The summed E-state index contributed by atoms with van der Waals surface area (Å²) in [5.74, 6) is -0.750. The molecule has 0 aliphatic carbocycles. The highest BCUT2D eigenvalue weighted by molar-refractivity contribution is 7.13. The Bertz CT molecular complexity index is 512. The van der Waals surface area contributed by atoms with Crippen LogP contribution in [-0.2, 0) is 14.4 Å². The molecule has 1 aromatic rings. The van der Waals surface area contributed by atoms with Gasteiger partial charge in [0.05, 0.1) is 0 Å². The van der Waals surface area contributed by atoms with Crippen molar-refractivity contribution < 1.29 is 14.4 Å². The number of carbonyl (C=O) groups excluding carboxylic acids is 2. The first-order valence-electron chi connectivity index (χ1n) is 5.03. The Morgan fingerprint density at radius 1 is 1.78 bits per heavy atom. The quantitative estimate of drug-likeness (QED) is 0.356. The van der Waals surface area contributed by atoms with E-state index < -0.39 is 11.9 Å². The average Bonchev–Trinajstić information content (AvgIpc) is 2.77. The van der Waals surface area contributed by atoms with Gasteiger partial charge in [0.1, 0.15) is 18.8 Å². The lowest BCUT2D eigenvalue weighted by Crippen LogP contribution is -2.62.